The van der Waals surface area contributed by atoms with Crippen LogP contribution >= 0.6 is 0 Å². The molecule has 1 aromatic carbocycles. The van der Waals surface area contributed by atoms with Crippen molar-refractivity contribution in [1.29, 1.82) is 0 Å². The summed E-state index contributed by atoms with van der Waals surface area (Å²) in [5.41, 5.74) is 9.95. The number of nitrogens with two attached hydrogens (primary N) is 1. The minimum absolute atomic E-state index is 0.280. The van der Waals surface area contributed by atoms with Crippen LogP contribution in [0.15, 0.2) is 24.3 Å². The van der Waals surface area contributed by atoms with E-state index in [9.17, 15) is 0 Å². The molecule has 0 atom stereocenters. The van der Waals surface area contributed by atoms with Gasteiger partial charge in [0.25, 0.3) is 0 Å². The quantitative estimate of drug-likeness (QED) is 0.752. The van der Waals surface area contributed by atoms with Gasteiger partial charge in [0, 0.05) is 12.0 Å². The molecule has 1 heteroatoms. The van der Waals surface area contributed by atoms with Gasteiger partial charge in [0.05, 0.1) is 0 Å². The fourth-order valence-electron chi connectivity index (χ4n) is 5.06. The highest BCUT2D eigenvalue weighted by Crippen LogP contribution is 2.44. The SMILES string of the molecule is CC(C)(C)C1CCC(c2ccc(C3(CN)CCCC3)cc2)CC1. The minimum atomic E-state index is 0.280. The summed E-state index contributed by atoms with van der Waals surface area (Å²) >= 11 is 0. The molecule has 0 spiro atoms. The van der Waals surface area contributed by atoms with Crippen molar-refractivity contribution in [1.82, 2.24) is 0 Å². The summed E-state index contributed by atoms with van der Waals surface area (Å²) in [6.45, 7) is 8.02. The lowest BCUT2D eigenvalue weighted by Gasteiger charge is -2.37. The maximum absolute atomic E-state index is 6.14. The van der Waals surface area contributed by atoms with E-state index in [0.29, 0.717) is 5.41 Å². The Morgan fingerprint density at radius 3 is 2.00 bits per heavy atom. The van der Waals surface area contributed by atoms with E-state index in [1.54, 1.807) is 5.56 Å². The van der Waals surface area contributed by atoms with Crippen LogP contribution in [0.25, 0.3) is 0 Å². The van der Waals surface area contributed by atoms with Gasteiger partial charge in [0.2, 0.25) is 0 Å². The van der Waals surface area contributed by atoms with Gasteiger partial charge in [-0.05, 0) is 66.9 Å². The molecule has 0 bridgehead atoms. The maximum Gasteiger partial charge on any atom is 0.00755 e. The van der Waals surface area contributed by atoms with Gasteiger partial charge in [-0.25, -0.2) is 0 Å². The van der Waals surface area contributed by atoms with E-state index in [1.807, 2.05) is 0 Å². The second-order valence-electron chi connectivity index (χ2n) is 9.23. The molecular weight excluding hydrogens is 278 g/mol. The highest BCUT2D eigenvalue weighted by molar-refractivity contribution is 5.32. The average molecular weight is 314 g/mol. The van der Waals surface area contributed by atoms with Gasteiger partial charge >= 0.3 is 0 Å². The van der Waals surface area contributed by atoms with Gasteiger partial charge in [-0.1, -0.05) is 57.9 Å². The van der Waals surface area contributed by atoms with Crippen LogP contribution in [0.1, 0.15) is 89.2 Å². The Balaban J connectivity index is 1.67. The zero-order valence-corrected chi connectivity index (χ0v) is 15.4. The van der Waals surface area contributed by atoms with Crippen molar-refractivity contribution in [3.63, 3.8) is 0 Å². The largest absolute Gasteiger partial charge is 0.330 e. The molecule has 0 aliphatic heterocycles. The molecule has 2 saturated carbocycles. The Hall–Kier alpha value is -0.820. The summed E-state index contributed by atoms with van der Waals surface area (Å²) in [6.07, 6.45) is 10.8. The van der Waals surface area contributed by atoms with Crippen LogP contribution in [0, 0.1) is 11.3 Å². The smallest absolute Gasteiger partial charge is 0.00755 e. The summed E-state index contributed by atoms with van der Waals surface area (Å²) in [5, 5.41) is 0. The minimum Gasteiger partial charge on any atom is -0.330 e. The summed E-state index contributed by atoms with van der Waals surface area (Å²) in [4.78, 5) is 0. The molecule has 0 aromatic heterocycles. The monoisotopic (exact) mass is 313 g/mol. The van der Waals surface area contributed by atoms with Crippen LogP contribution in [0.5, 0.6) is 0 Å². The normalized spacial score (nSPS) is 28.0. The number of hydrogen-bond acceptors (Lipinski definition) is 1. The van der Waals surface area contributed by atoms with Crippen molar-refractivity contribution in [2.24, 2.45) is 17.1 Å². The molecule has 0 amide bonds. The van der Waals surface area contributed by atoms with Gasteiger partial charge < -0.3 is 5.73 Å². The highest BCUT2D eigenvalue weighted by Gasteiger charge is 2.34. The highest BCUT2D eigenvalue weighted by atomic mass is 14.6. The second-order valence-corrected chi connectivity index (χ2v) is 9.23. The molecule has 3 rings (SSSR count). The van der Waals surface area contributed by atoms with E-state index in [4.69, 9.17) is 5.73 Å². The average Bonchev–Trinajstić information content (AvgIpc) is 3.05. The first-order valence-corrected chi connectivity index (χ1v) is 9.75. The summed E-state index contributed by atoms with van der Waals surface area (Å²) in [6, 6.07) is 9.60. The number of rotatable bonds is 3. The van der Waals surface area contributed by atoms with Crippen molar-refractivity contribution in [2.45, 2.75) is 83.5 Å². The Morgan fingerprint density at radius 1 is 0.957 bits per heavy atom. The Labute approximate surface area is 143 Å². The maximum atomic E-state index is 6.14. The fraction of sp³-hybridized carbons (Fsp3) is 0.727. The predicted octanol–water partition coefficient (Wildman–Crippen LogP) is 5.78. The first kappa shape index (κ1) is 17.0. The lowest BCUT2D eigenvalue weighted by atomic mass is 9.68. The third kappa shape index (κ3) is 3.50. The first-order valence-electron chi connectivity index (χ1n) is 9.75. The van der Waals surface area contributed by atoms with Crippen LogP contribution in [-0.2, 0) is 5.41 Å². The molecule has 2 aliphatic rings. The topological polar surface area (TPSA) is 26.0 Å². The zero-order valence-electron chi connectivity index (χ0n) is 15.4. The third-order valence-corrected chi connectivity index (χ3v) is 6.90. The zero-order chi connectivity index (χ0) is 16.5. The summed E-state index contributed by atoms with van der Waals surface area (Å²) in [5.74, 6) is 1.68. The molecule has 2 fully saturated rings. The Morgan fingerprint density at radius 2 is 1.52 bits per heavy atom. The van der Waals surface area contributed by atoms with Gasteiger partial charge in [0.15, 0.2) is 0 Å². The number of benzene rings is 1. The van der Waals surface area contributed by atoms with E-state index in [1.165, 1.54) is 56.9 Å². The molecule has 128 valence electrons. The molecule has 1 aromatic rings. The van der Waals surface area contributed by atoms with Crippen molar-refractivity contribution in [3.8, 4) is 0 Å². The second kappa shape index (κ2) is 6.59. The predicted molar refractivity (Wildman–Crippen MR) is 99.8 cm³/mol. The van der Waals surface area contributed by atoms with Gasteiger partial charge in [-0.15, -0.1) is 0 Å². The van der Waals surface area contributed by atoms with Crippen LogP contribution in [0.2, 0.25) is 0 Å². The molecule has 0 saturated heterocycles. The van der Waals surface area contributed by atoms with E-state index < -0.39 is 0 Å². The van der Waals surface area contributed by atoms with Crippen LogP contribution < -0.4 is 5.73 Å². The fourth-order valence-corrected chi connectivity index (χ4v) is 5.06. The molecule has 2 N–H and O–H groups in total. The molecule has 0 unspecified atom stereocenters. The number of hydrogen-bond donors (Lipinski definition) is 1. The van der Waals surface area contributed by atoms with E-state index >= 15 is 0 Å². The van der Waals surface area contributed by atoms with Crippen LogP contribution in [0.4, 0.5) is 0 Å². The van der Waals surface area contributed by atoms with Crippen LogP contribution in [0.3, 0.4) is 0 Å². The standard InChI is InChI=1S/C22H35N/c1-21(2,3)19-10-6-17(7-11-19)18-8-12-20(13-9-18)22(16-23)14-4-5-15-22/h8-9,12-13,17,19H,4-7,10-11,14-16,23H2,1-3H3. The van der Waals surface area contributed by atoms with Crippen LogP contribution in [-0.4, -0.2) is 6.54 Å². The van der Waals surface area contributed by atoms with Crippen molar-refractivity contribution >= 4 is 0 Å². The molecule has 0 radical (unpaired) electrons. The van der Waals surface area contributed by atoms with Crippen molar-refractivity contribution in [3.05, 3.63) is 35.4 Å². The van der Waals surface area contributed by atoms with Gasteiger partial charge in [0.1, 0.15) is 0 Å². The summed E-state index contributed by atoms with van der Waals surface area (Å²) in [7, 11) is 0. The van der Waals surface area contributed by atoms with Gasteiger partial charge in [-0.2, -0.15) is 0 Å². The molecule has 23 heavy (non-hydrogen) atoms. The first-order chi connectivity index (χ1) is 10.9. The molecule has 0 heterocycles. The Kier molecular flexibility index (Phi) is 4.88. The molecule has 2 aliphatic carbocycles. The van der Waals surface area contributed by atoms with E-state index in [0.717, 1.165) is 18.4 Å². The lowest BCUT2D eigenvalue weighted by molar-refractivity contribution is 0.169. The third-order valence-electron chi connectivity index (χ3n) is 6.90. The summed E-state index contributed by atoms with van der Waals surface area (Å²) < 4.78 is 0. The van der Waals surface area contributed by atoms with E-state index in [-0.39, 0.29) is 5.41 Å². The molecule has 1 nitrogen and oxygen atoms in total. The lowest BCUT2D eigenvalue weighted by Crippen LogP contribution is -2.32. The van der Waals surface area contributed by atoms with Crippen molar-refractivity contribution < 1.29 is 0 Å². The van der Waals surface area contributed by atoms with Crippen molar-refractivity contribution in [2.75, 3.05) is 6.54 Å². The Bertz CT molecular complexity index is 494. The van der Waals surface area contributed by atoms with E-state index in [2.05, 4.69) is 45.0 Å². The molecular formula is C22H35N. The van der Waals surface area contributed by atoms with Gasteiger partial charge in [-0.3, -0.25) is 0 Å².